The Morgan fingerprint density at radius 1 is 1.35 bits per heavy atom. The van der Waals surface area contributed by atoms with Crippen LogP contribution in [0.25, 0.3) is 0 Å². The molecule has 0 fully saturated rings. The molecule has 0 saturated carbocycles. The molecule has 2 unspecified atom stereocenters. The van der Waals surface area contributed by atoms with Gasteiger partial charge in [-0.1, -0.05) is 42.6 Å². The molecular weight excluding hydrogens is 276 g/mol. The molecule has 0 aliphatic rings. The Balaban J connectivity index is 3.01. The van der Waals surface area contributed by atoms with E-state index in [1.54, 1.807) is 7.11 Å². The fourth-order valence-corrected chi connectivity index (χ4v) is 2.10. The third-order valence-corrected chi connectivity index (χ3v) is 3.43. The van der Waals surface area contributed by atoms with Crippen LogP contribution in [-0.4, -0.2) is 7.11 Å². The molecule has 1 aromatic rings. The highest BCUT2D eigenvalue weighted by molar-refractivity contribution is 9.10. The molecule has 0 saturated heterocycles. The highest BCUT2D eigenvalue weighted by Crippen LogP contribution is 2.33. The van der Waals surface area contributed by atoms with Gasteiger partial charge < -0.3 is 4.74 Å². The molecule has 92 valence electrons. The molecule has 0 aromatic heterocycles. The second kappa shape index (κ2) is 6.71. The highest BCUT2D eigenvalue weighted by atomic mass is 79.9. The van der Waals surface area contributed by atoms with Crippen molar-refractivity contribution in [3.8, 4) is 17.6 Å². The number of hydrogen-bond acceptors (Lipinski definition) is 1. The van der Waals surface area contributed by atoms with Crippen molar-refractivity contribution >= 4 is 15.9 Å². The summed E-state index contributed by atoms with van der Waals surface area (Å²) in [6.07, 6.45) is 0.909. The molecule has 0 heterocycles. The van der Waals surface area contributed by atoms with E-state index in [1.165, 1.54) is 5.56 Å². The Labute approximate surface area is 113 Å². The minimum Gasteiger partial charge on any atom is -0.496 e. The number of benzene rings is 1. The van der Waals surface area contributed by atoms with Gasteiger partial charge in [0.15, 0.2) is 0 Å². The van der Waals surface area contributed by atoms with Crippen molar-refractivity contribution < 1.29 is 4.74 Å². The fraction of sp³-hybridized carbons (Fsp3) is 0.467. The molecule has 2 heteroatoms. The minimum atomic E-state index is 0.332. The van der Waals surface area contributed by atoms with Crippen molar-refractivity contribution in [2.75, 3.05) is 7.11 Å². The molecule has 0 aliphatic heterocycles. The number of ether oxygens (including phenoxy) is 1. The molecule has 0 aliphatic carbocycles. The smallest absolute Gasteiger partial charge is 0.122 e. The summed E-state index contributed by atoms with van der Waals surface area (Å²) >= 11 is 3.50. The first kappa shape index (κ1) is 14.1. The van der Waals surface area contributed by atoms with Crippen LogP contribution in [0, 0.1) is 17.8 Å². The quantitative estimate of drug-likeness (QED) is 0.740. The first-order valence-electron chi connectivity index (χ1n) is 5.92. The van der Waals surface area contributed by atoms with Crippen molar-refractivity contribution in [1.82, 2.24) is 0 Å². The topological polar surface area (TPSA) is 9.23 Å². The van der Waals surface area contributed by atoms with E-state index in [2.05, 4.69) is 54.6 Å². The van der Waals surface area contributed by atoms with E-state index in [0.29, 0.717) is 11.8 Å². The van der Waals surface area contributed by atoms with Crippen molar-refractivity contribution in [3.05, 3.63) is 28.2 Å². The van der Waals surface area contributed by atoms with Gasteiger partial charge in [-0.3, -0.25) is 0 Å². The SMILES string of the molecule is CCC#CC(C)C(C)c1cc(Br)ccc1OC. The molecule has 0 spiro atoms. The third-order valence-electron chi connectivity index (χ3n) is 2.94. The van der Waals surface area contributed by atoms with Crippen LogP contribution in [-0.2, 0) is 0 Å². The Morgan fingerprint density at radius 2 is 2.06 bits per heavy atom. The van der Waals surface area contributed by atoms with Crippen molar-refractivity contribution in [2.24, 2.45) is 5.92 Å². The van der Waals surface area contributed by atoms with Gasteiger partial charge >= 0.3 is 0 Å². The Hall–Kier alpha value is -0.940. The Morgan fingerprint density at radius 3 is 2.65 bits per heavy atom. The summed E-state index contributed by atoms with van der Waals surface area (Å²) in [5.74, 6) is 8.06. The van der Waals surface area contributed by atoms with Crippen LogP contribution >= 0.6 is 15.9 Å². The summed E-state index contributed by atoms with van der Waals surface area (Å²) in [6, 6.07) is 6.11. The van der Waals surface area contributed by atoms with E-state index in [-0.39, 0.29) is 0 Å². The predicted molar refractivity (Wildman–Crippen MR) is 76.3 cm³/mol. The molecule has 2 atom stereocenters. The lowest BCUT2D eigenvalue weighted by atomic mass is 9.88. The van der Waals surface area contributed by atoms with Crippen LogP contribution < -0.4 is 4.74 Å². The average molecular weight is 295 g/mol. The van der Waals surface area contributed by atoms with E-state index in [9.17, 15) is 0 Å². The van der Waals surface area contributed by atoms with Gasteiger partial charge in [-0.2, -0.15) is 0 Å². The Bertz CT molecular complexity index is 428. The summed E-state index contributed by atoms with van der Waals surface area (Å²) in [5.41, 5.74) is 1.21. The van der Waals surface area contributed by atoms with E-state index in [1.807, 2.05) is 12.1 Å². The lowest BCUT2D eigenvalue weighted by molar-refractivity contribution is 0.402. The van der Waals surface area contributed by atoms with Crippen molar-refractivity contribution in [3.63, 3.8) is 0 Å². The molecule has 17 heavy (non-hydrogen) atoms. The van der Waals surface area contributed by atoms with E-state index >= 15 is 0 Å². The van der Waals surface area contributed by atoms with Crippen LogP contribution in [0.2, 0.25) is 0 Å². The number of halogens is 1. The lowest BCUT2D eigenvalue weighted by Gasteiger charge is -2.18. The monoisotopic (exact) mass is 294 g/mol. The molecule has 0 amide bonds. The summed E-state index contributed by atoms with van der Waals surface area (Å²) in [6.45, 7) is 6.43. The maximum Gasteiger partial charge on any atom is 0.122 e. The van der Waals surface area contributed by atoms with Crippen LogP contribution in [0.15, 0.2) is 22.7 Å². The maximum absolute atomic E-state index is 5.41. The van der Waals surface area contributed by atoms with Crippen LogP contribution in [0.1, 0.15) is 38.7 Å². The van der Waals surface area contributed by atoms with E-state index in [0.717, 1.165) is 16.6 Å². The van der Waals surface area contributed by atoms with Gasteiger partial charge in [-0.25, -0.2) is 0 Å². The van der Waals surface area contributed by atoms with Gasteiger partial charge in [-0.15, -0.1) is 5.92 Å². The van der Waals surface area contributed by atoms with Crippen molar-refractivity contribution in [1.29, 1.82) is 0 Å². The predicted octanol–water partition coefficient (Wildman–Crippen LogP) is 4.61. The van der Waals surface area contributed by atoms with Gasteiger partial charge in [0.05, 0.1) is 7.11 Å². The number of hydrogen-bond donors (Lipinski definition) is 0. The lowest BCUT2D eigenvalue weighted by Crippen LogP contribution is -2.06. The highest BCUT2D eigenvalue weighted by Gasteiger charge is 2.16. The third kappa shape index (κ3) is 3.78. The molecule has 1 rings (SSSR count). The summed E-state index contributed by atoms with van der Waals surface area (Å²) < 4.78 is 6.49. The molecule has 0 radical (unpaired) electrons. The van der Waals surface area contributed by atoms with Crippen LogP contribution in [0.3, 0.4) is 0 Å². The van der Waals surface area contributed by atoms with Gasteiger partial charge in [0, 0.05) is 16.8 Å². The molecule has 0 N–H and O–H groups in total. The van der Waals surface area contributed by atoms with E-state index < -0.39 is 0 Å². The second-order valence-electron chi connectivity index (χ2n) is 4.14. The van der Waals surface area contributed by atoms with Crippen LogP contribution in [0.4, 0.5) is 0 Å². The Kier molecular flexibility index (Phi) is 5.58. The zero-order valence-corrected chi connectivity index (χ0v) is 12.5. The largest absolute Gasteiger partial charge is 0.496 e. The van der Waals surface area contributed by atoms with E-state index in [4.69, 9.17) is 4.74 Å². The first-order chi connectivity index (χ1) is 8.10. The average Bonchev–Trinajstić information content (AvgIpc) is 2.34. The molecular formula is C15H19BrO. The van der Waals surface area contributed by atoms with Crippen molar-refractivity contribution in [2.45, 2.75) is 33.1 Å². The van der Waals surface area contributed by atoms with Gasteiger partial charge in [0.1, 0.15) is 5.75 Å². The molecule has 0 bridgehead atoms. The van der Waals surface area contributed by atoms with Gasteiger partial charge in [-0.05, 0) is 29.7 Å². The number of methoxy groups -OCH3 is 1. The summed E-state index contributed by atoms with van der Waals surface area (Å²) in [7, 11) is 1.71. The minimum absolute atomic E-state index is 0.332. The summed E-state index contributed by atoms with van der Waals surface area (Å²) in [5, 5.41) is 0. The van der Waals surface area contributed by atoms with Gasteiger partial charge in [0.2, 0.25) is 0 Å². The second-order valence-corrected chi connectivity index (χ2v) is 5.05. The van der Waals surface area contributed by atoms with Gasteiger partial charge in [0.25, 0.3) is 0 Å². The standard InChI is InChI=1S/C15H19BrO/c1-5-6-7-11(2)12(3)14-10-13(16)8-9-15(14)17-4/h8-12H,5H2,1-4H3. The number of rotatable bonds is 3. The normalized spacial score (nSPS) is 13.5. The maximum atomic E-state index is 5.41. The fourth-order valence-electron chi connectivity index (χ4n) is 1.72. The zero-order chi connectivity index (χ0) is 12.8. The summed E-state index contributed by atoms with van der Waals surface area (Å²) in [4.78, 5) is 0. The zero-order valence-electron chi connectivity index (χ0n) is 10.9. The first-order valence-corrected chi connectivity index (χ1v) is 6.71. The molecule has 1 nitrogen and oxygen atoms in total. The molecule has 1 aromatic carbocycles. The van der Waals surface area contributed by atoms with Crippen LogP contribution in [0.5, 0.6) is 5.75 Å².